The minimum Gasteiger partial charge on any atom is -0.462 e. The summed E-state index contributed by atoms with van der Waals surface area (Å²) in [4.78, 5) is 24.0. The molecular weight excluding hydrogens is 316 g/mol. The number of esters is 2. The lowest BCUT2D eigenvalue weighted by molar-refractivity contribution is 0.0457. The van der Waals surface area contributed by atoms with Crippen molar-refractivity contribution in [3.63, 3.8) is 0 Å². The summed E-state index contributed by atoms with van der Waals surface area (Å²) in [6.45, 7) is 4.25. The van der Waals surface area contributed by atoms with Crippen molar-refractivity contribution in [2.24, 2.45) is 5.92 Å². The molecule has 0 aliphatic rings. The van der Waals surface area contributed by atoms with Crippen LogP contribution in [0.5, 0.6) is 5.75 Å². The molecule has 0 N–H and O–H groups in total. The van der Waals surface area contributed by atoms with Gasteiger partial charge in [-0.2, -0.15) is 0 Å². The van der Waals surface area contributed by atoms with Crippen LogP contribution in [0.15, 0.2) is 48.5 Å². The number of rotatable bonds is 5. The Labute approximate surface area is 140 Å². The highest BCUT2D eigenvalue weighted by molar-refractivity contribution is 6.30. The topological polar surface area (TPSA) is 52.6 Å². The van der Waals surface area contributed by atoms with Crippen molar-refractivity contribution in [1.82, 2.24) is 0 Å². The summed E-state index contributed by atoms with van der Waals surface area (Å²) in [5.74, 6) is -0.462. The van der Waals surface area contributed by atoms with Crippen LogP contribution < -0.4 is 4.74 Å². The molecule has 0 radical (unpaired) electrons. The van der Waals surface area contributed by atoms with Crippen LogP contribution in [0.3, 0.4) is 0 Å². The van der Waals surface area contributed by atoms with Crippen molar-refractivity contribution >= 4 is 23.5 Å². The molecule has 0 bridgehead atoms. The molecule has 0 spiro atoms. The fourth-order valence-corrected chi connectivity index (χ4v) is 1.98. The van der Waals surface area contributed by atoms with Crippen molar-refractivity contribution < 1.29 is 19.1 Å². The molecule has 0 aliphatic carbocycles. The van der Waals surface area contributed by atoms with Gasteiger partial charge in [-0.05, 0) is 42.3 Å². The van der Waals surface area contributed by atoms with Gasteiger partial charge >= 0.3 is 11.9 Å². The van der Waals surface area contributed by atoms with E-state index in [0.717, 1.165) is 0 Å². The minimum absolute atomic E-state index is 0.253. The van der Waals surface area contributed by atoms with Crippen LogP contribution in [-0.4, -0.2) is 18.5 Å². The van der Waals surface area contributed by atoms with Crippen LogP contribution in [0.1, 0.15) is 34.6 Å². The molecule has 0 saturated carbocycles. The van der Waals surface area contributed by atoms with Gasteiger partial charge in [-0.1, -0.05) is 37.6 Å². The third-order valence-corrected chi connectivity index (χ3v) is 3.12. The summed E-state index contributed by atoms with van der Waals surface area (Å²) >= 11 is 5.85. The van der Waals surface area contributed by atoms with Gasteiger partial charge in [-0.25, -0.2) is 9.59 Å². The standard InChI is InChI=1S/C18H17ClO4/c1-12(2)11-22-17(20)14-6-4-8-16(10-14)23-18(21)13-5-3-7-15(19)9-13/h3-10,12H,11H2,1-2H3. The molecule has 2 aromatic carbocycles. The Kier molecular flexibility index (Phi) is 5.77. The Morgan fingerprint density at radius 3 is 2.30 bits per heavy atom. The zero-order chi connectivity index (χ0) is 16.8. The molecule has 0 heterocycles. The van der Waals surface area contributed by atoms with E-state index >= 15 is 0 Å². The molecule has 5 heteroatoms. The van der Waals surface area contributed by atoms with E-state index in [1.807, 2.05) is 13.8 Å². The van der Waals surface area contributed by atoms with Crippen LogP contribution >= 0.6 is 11.6 Å². The Hall–Kier alpha value is -2.33. The Balaban J connectivity index is 2.08. The highest BCUT2D eigenvalue weighted by Crippen LogP contribution is 2.18. The molecule has 23 heavy (non-hydrogen) atoms. The number of benzene rings is 2. The number of ether oxygens (including phenoxy) is 2. The van der Waals surface area contributed by atoms with Gasteiger partial charge < -0.3 is 9.47 Å². The van der Waals surface area contributed by atoms with Crippen molar-refractivity contribution in [3.05, 3.63) is 64.7 Å². The number of halogens is 1. The molecular formula is C18H17ClO4. The van der Waals surface area contributed by atoms with Gasteiger partial charge in [-0.15, -0.1) is 0 Å². The van der Waals surface area contributed by atoms with Crippen LogP contribution in [0.4, 0.5) is 0 Å². The first kappa shape index (κ1) is 17.0. The Morgan fingerprint density at radius 2 is 1.65 bits per heavy atom. The highest BCUT2D eigenvalue weighted by Gasteiger charge is 2.12. The smallest absolute Gasteiger partial charge is 0.343 e. The predicted octanol–water partition coefficient (Wildman–Crippen LogP) is 4.37. The lowest BCUT2D eigenvalue weighted by atomic mass is 10.2. The summed E-state index contributed by atoms with van der Waals surface area (Å²) in [6.07, 6.45) is 0. The SMILES string of the molecule is CC(C)COC(=O)c1cccc(OC(=O)c2cccc(Cl)c2)c1. The van der Waals surface area contributed by atoms with Gasteiger partial charge in [0.05, 0.1) is 17.7 Å². The quantitative estimate of drug-likeness (QED) is 0.602. The van der Waals surface area contributed by atoms with Gasteiger partial charge in [0.25, 0.3) is 0 Å². The normalized spacial score (nSPS) is 10.4. The molecule has 2 aromatic rings. The van der Waals surface area contributed by atoms with Crippen molar-refractivity contribution in [2.75, 3.05) is 6.61 Å². The maximum absolute atomic E-state index is 12.1. The maximum atomic E-state index is 12.1. The molecule has 0 saturated heterocycles. The number of hydrogen-bond acceptors (Lipinski definition) is 4. The van der Waals surface area contributed by atoms with Gasteiger partial charge in [-0.3, -0.25) is 0 Å². The van der Waals surface area contributed by atoms with E-state index < -0.39 is 11.9 Å². The summed E-state index contributed by atoms with van der Waals surface area (Å²) < 4.78 is 10.4. The fourth-order valence-electron chi connectivity index (χ4n) is 1.79. The highest BCUT2D eigenvalue weighted by atomic mass is 35.5. The monoisotopic (exact) mass is 332 g/mol. The lowest BCUT2D eigenvalue weighted by Gasteiger charge is -2.09. The van der Waals surface area contributed by atoms with Crippen LogP contribution in [0.2, 0.25) is 5.02 Å². The van der Waals surface area contributed by atoms with E-state index in [2.05, 4.69) is 0 Å². The molecule has 0 amide bonds. The van der Waals surface area contributed by atoms with Crippen LogP contribution in [-0.2, 0) is 4.74 Å². The lowest BCUT2D eigenvalue weighted by Crippen LogP contribution is -2.11. The number of carbonyl (C=O) groups is 2. The Bertz CT molecular complexity index is 710. The second-order valence-electron chi connectivity index (χ2n) is 5.42. The van der Waals surface area contributed by atoms with Gasteiger partial charge in [0.1, 0.15) is 5.75 Å². The summed E-state index contributed by atoms with van der Waals surface area (Å²) in [5, 5.41) is 0.450. The molecule has 4 nitrogen and oxygen atoms in total. The zero-order valence-electron chi connectivity index (χ0n) is 12.9. The average molecular weight is 333 g/mol. The number of carbonyl (C=O) groups excluding carboxylic acids is 2. The molecule has 2 rings (SSSR count). The summed E-state index contributed by atoms with van der Waals surface area (Å²) in [7, 11) is 0. The van der Waals surface area contributed by atoms with Crippen molar-refractivity contribution in [1.29, 1.82) is 0 Å². The van der Waals surface area contributed by atoms with Crippen LogP contribution in [0.25, 0.3) is 0 Å². The first-order valence-corrected chi connectivity index (χ1v) is 7.58. The molecule has 0 aromatic heterocycles. The number of hydrogen-bond donors (Lipinski definition) is 0. The second-order valence-corrected chi connectivity index (χ2v) is 5.86. The van der Waals surface area contributed by atoms with E-state index in [0.29, 0.717) is 22.8 Å². The van der Waals surface area contributed by atoms with E-state index in [1.165, 1.54) is 12.1 Å². The summed E-state index contributed by atoms with van der Waals surface area (Å²) in [5.41, 5.74) is 0.673. The Morgan fingerprint density at radius 1 is 1.00 bits per heavy atom. The minimum atomic E-state index is -0.541. The zero-order valence-corrected chi connectivity index (χ0v) is 13.7. The predicted molar refractivity (Wildman–Crippen MR) is 88.0 cm³/mol. The maximum Gasteiger partial charge on any atom is 0.343 e. The summed E-state index contributed by atoms with van der Waals surface area (Å²) in [6, 6.07) is 12.8. The van der Waals surface area contributed by atoms with Gasteiger partial charge in [0.2, 0.25) is 0 Å². The van der Waals surface area contributed by atoms with Crippen LogP contribution in [0, 0.1) is 5.92 Å². The molecule has 0 aliphatic heterocycles. The third-order valence-electron chi connectivity index (χ3n) is 2.89. The van der Waals surface area contributed by atoms with E-state index in [4.69, 9.17) is 21.1 Å². The molecule has 0 fully saturated rings. The third kappa shape index (κ3) is 5.11. The van der Waals surface area contributed by atoms with E-state index in [9.17, 15) is 9.59 Å². The fraction of sp³-hybridized carbons (Fsp3) is 0.222. The van der Waals surface area contributed by atoms with Gasteiger partial charge in [0, 0.05) is 5.02 Å². The van der Waals surface area contributed by atoms with Crippen molar-refractivity contribution in [2.45, 2.75) is 13.8 Å². The molecule has 0 unspecified atom stereocenters. The van der Waals surface area contributed by atoms with Gasteiger partial charge in [0.15, 0.2) is 0 Å². The average Bonchev–Trinajstić information content (AvgIpc) is 2.52. The van der Waals surface area contributed by atoms with E-state index in [1.54, 1.807) is 36.4 Å². The second kappa shape index (κ2) is 7.79. The largest absolute Gasteiger partial charge is 0.462 e. The molecule has 0 atom stereocenters. The first-order chi connectivity index (χ1) is 11.0. The van der Waals surface area contributed by atoms with E-state index in [-0.39, 0.29) is 11.7 Å². The molecule has 120 valence electrons. The van der Waals surface area contributed by atoms with Crippen molar-refractivity contribution in [3.8, 4) is 5.75 Å². The first-order valence-electron chi connectivity index (χ1n) is 7.20.